The zero-order chi connectivity index (χ0) is 14.9. The summed E-state index contributed by atoms with van der Waals surface area (Å²) >= 11 is 6.30. The zero-order valence-electron chi connectivity index (χ0n) is 9.72. The second kappa shape index (κ2) is 5.54. The SMILES string of the molecule is Nc1cc(Br)c(S(=O)(=O)Nc2ccc(=O)[nH]n2)c(Br)c1. The molecule has 0 amide bonds. The molecule has 0 fully saturated rings. The summed E-state index contributed by atoms with van der Waals surface area (Å²) in [5.74, 6) is 0.000208. The summed E-state index contributed by atoms with van der Waals surface area (Å²) in [5, 5.41) is 5.72. The van der Waals surface area contributed by atoms with Crippen LogP contribution in [0, 0.1) is 0 Å². The number of aromatic nitrogens is 2. The topological polar surface area (TPSA) is 118 Å². The van der Waals surface area contributed by atoms with Gasteiger partial charge in [0.05, 0.1) is 0 Å². The van der Waals surface area contributed by atoms with E-state index in [1.165, 1.54) is 18.2 Å². The van der Waals surface area contributed by atoms with E-state index >= 15 is 0 Å². The summed E-state index contributed by atoms with van der Waals surface area (Å²) in [6.45, 7) is 0. The van der Waals surface area contributed by atoms with Gasteiger partial charge in [-0.1, -0.05) is 0 Å². The van der Waals surface area contributed by atoms with Crippen LogP contribution >= 0.6 is 31.9 Å². The molecule has 0 unspecified atom stereocenters. The fraction of sp³-hybridized carbons (Fsp3) is 0. The number of nitrogens with zero attached hydrogens (tertiary/aromatic N) is 1. The number of halogens is 2. The Labute approximate surface area is 130 Å². The molecule has 0 aliphatic carbocycles. The molecular weight excluding hydrogens is 416 g/mol. The molecule has 10 heteroatoms. The number of hydrogen-bond donors (Lipinski definition) is 3. The second-order valence-electron chi connectivity index (χ2n) is 3.73. The van der Waals surface area contributed by atoms with Crippen molar-refractivity contribution in [3.05, 3.63) is 43.6 Å². The van der Waals surface area contributed by atoms with E-state index in [-0.39, 0.29) is 10.7 Å². The summed E-state index contributed by atoms with van der Waals surface area (Å²) in [6.07, 6.45) is 0. The van der Waals surface area contributed by atoms with Gasteiger partial charge < -0.3 is 5.73 Å². The number of nitrogens with two attached hydrogens (primary N) is 1. The first-order valence-electron chi connectivity index (χ1n) is 5.12. The largest absolute Gasteiger partial charge is 0.399 e. The standard InChI is InChI=1S/C10H8Br2N4O3S/c11-6-3-5(13)4-7(12)10(6)20(18,19)16-8-1-2-9(17)15-14-8/h1-4H,13H2,(H,14,16)(H,15,17). The molecule has 1 aromatic carbocycles. The molecule has 106 valence electrons. The average Bonchev–Trinajstić information content (AvgIpc) is 2.30. The highest BCUT2D eigenvalue weighted by molar-refractivity contribution is 9.11. The maximum atomic E-state index is 12.3. The van der Waals surface area contributed by atoms with Crippen LogP contribution in [0.1, 0.15) is 0 Å². The van der Waals surface area contributed by atoms with Crippen molar-refractivity contribution < 1.29 is 8.42 Å². The van der Waals surface area contributed by atoms with Gasteiger partial charge in [-0.05, 0) is 50.1 Å². The van der Waals surface area contributed by atoms with Crippen molar-refractivity contribution in [1.82, 2.24) is 10.2 Å². The van der Waals surface area contributed by atoms with Crippen LogP contribution in [0.5, 0.6) is 0 Å². The minimum absolute atomic E-state index is 0.000208. The van der Waals surface area contributed by atoms with E-state index in [0.717, 1.165) is 6.07 Å². The van der Waals surface area contributed by atoms with E-state index in [0.29, 0.717) is 14.6 Å². The van der Waals surface area contributed by atoms with Crippen molar-refractivity contribution in [3.63, 3.8) is 0 Å². The maximum absolute atomic E-state index is 12.3. The molecule has 0 atom stereocenters. The van der Waals surface area contributed by atoms with E-state index in [1.807, 2.05) is 0 Å². The van der Waals surface area contributed by atoms with Gasteiger partial charge in [0.1, 0.15) is 4.90 Å². The molecule has 0 spiro atoms. The molecule has 0 bridgehead atoms. The molecule has 0 saturated carbocycles. The van der Waals surface area contributed by atoms with Crippen molar-refractivity contribution in [1.29, 1.82) is 0 Å². The van der Waals surface area contributed by atoms with Gasteiger partial charge in [0.25, 0.3) is 15.6 Å². The smallest absolute Gasteiger partial charge is 0.265 e. The molecule has 0 radical (unpaired) electrons. The molecule has 1 aromatic heterocycles. The second-order valence-corrected chi connectivity index (χ2v) is 7.05. The van der Waals surface area contributed by atoms with E-state index in [1.54, 1.807) is 0 Å². The predicted octanol–water partition coefficient (Wildman–Crippen LogP) is 1.68. The maximum Gasteiger partial charge on any atom is 0.265 e. The molecule has 0 saturated heterocycles. The summed E-state index contributed by atoms with van der Waals surface area (Å²) in [7, 11) is -3.89. The van der Waals surface area contributed by atoms with Gasteiger partial charge >= 0.3 is 0 Å². The first kappa shape index (κ1) is 15.0. The van der Waals surface area contributed by atoms with Crippen LogP contribution in [0.25, 0.3) is 0 Å². The Bertz CT molecular complexity index is 776. The van der Waals surface area contributed by atoms with E-state index in [4.69, 9.17) is 5.73 Å². The van der Waals surface area contributed by atoms with Crippen molar-refractivity contribution in [2.45, 2.75) is 4.90 Å². The van der Waals surface area contributed by atoms with Crippen molar-refractivity contribution in [3.8, 4) is 0 Å². The van der Waals surface area contributed by atoms with Crippen LogP contribution in [0.4, 0.5) is 11.5 Å². The zero-order valence-corrected chi connectivity index (χ0v) is 13.7. The highest BCUT2D eigenvalue weighted by atomic mass is 79.9. The van der Waals surface area contributed by atoms with Gasteiger partial charge in [0, 0.05) is 20.7 Å². The van der Waals surface area contributed by atoms with Crippen LogP contribution in [0.2, 0.25) is 0 Å². The number of H-pyrrole nitrogens is 1. The van der Waals surface area contributed by atoms with Crippen LogP contribution in [-0.4, -0.2) is 18.6 Å². The van der Waals surface area contributed by atoms with Crippen LogP contribution in [0.15, 0.2) is 42.9 Å². The lowest BCUT2D eigenvalue weighted by molar-refractivity contribution is 0.600. The molecule has 0 aliphatic heterocycles. The quantitative estimate of drug-likeness (QED) is 0.649. The lowest BCUT2D eigenvalue weighted by Gasteiger charge is -2.11. The van der Waals surface area contributed by atoms with Gasteiger partial charge in [-0.25, -0.2) is 13.5 Å². The third-order valence-electron chi connectivity index (χ3n) is 2.21. The number of sulfonamides is 1. The third kappa shape index (κ3) is 3.19. The fourth-order valence-corrected chi connectivity index (χ4v) is 5.05. The van der Waals surface area contributed by atoms with Crippen molar-refractivity contribution >= 4 is 53.4 Å². The summed E-state index contributed by atoms with van der Waals surface area (Å²) < 4.78 is 27.5. The summed E-state index contributed by atoms with van der Waals surface area (Å²) in [6, 6.07) is 5.37. The highest BCUT2D eigenvalue weighted by Crippen LogP contribution is 2.33. The minimum Gasteiger partial charge on any atom is -0.399 e. The number of anilines is 2. The predicted molar refractivity (Wildman–Crippen MR) is 81.9 cm³/mol. The Morgan fingerprint density at radius 3 is 2.30 bits per heavy atom. The van der Waals surface area contributed by atoms with Gasteiger partial charge in [0.15, 0.2) is 5.82 Å². The lowest BCUT2D eigenvalue weighted by Crippen LogP contribution is -2.17. The number of hydrogen-bond acceptors (Lipinski definition) is 5. The highest BCUT2D eigenvalue weighted by Gasteiger charge is 2.22. The molecule has 2 rings (SSSR count). The minimum atomic E-state index is -3.89. The van der Waals surface area contributed by atoms with Gasteiger partial charge in [0.2, 0.25) is 0 Å². The number of nitrogens with one attached hydrogen (secondary N) is 2. The molecule has 2 aromatic rings. The molecule has 0 aliphatic rings. The Hall–Kier alpha value is -1.39. The third-order valence-corrected chi connectivity index (χ3v) is 5.44. The molecular formula is C10H8Br2N4O3S. The monoisotopic (exact) mass is 422 g/mol. The Kier molecular flexibility index (Phi) is 4.16. The van der Waals surface area contributed by atoms with Gasteiger partial charge in [-0.3, -0.25) is 9.52 Å². The summed E-state index contributed by atoms with van der Waals surface area (Å²) in [4.78, 5) is 10.9. The number of rotatable bonds is 3. The molecule has 1 heterocycles. The lowest BCUT2D eigenvalue weighted by atomic mass is 10.3. The summed E-state index contributed by atoms with van der Waals surface area (Å²) in [5.41, 5.74) is 5.59. The number of nitrogen functional groups attached to an aromatic ring is 1. The Balaban J connectivity index is 2.46. The molecule has 7 nitrogen and oxygen atoms in total. The van der Waals surface area contributed by atoms with E-state index in [2.05, 4.69) is 46.8 Å². The first-order valence-corrected chi connectivity index (χ1v) is 8.19. The Morgan fingerprint density at radius 1 is 1.20 bits per heavy atom. The van der Waals surface area contributed by atoms with Crippen molar-refractivity contribution in [2.24, 2.45) is 0 Å². The molecule has 4 N–H and O–H groups in total. The Morgan fingerprint density at radius 2 is 1.80 bits per heavy atom. The van der Waals surface area contributed by atoms with Crippen LogP contribution < -0.4 is 16.0 Å². The van der Waals surface area contributed by atoms with Crippen LogP contribution in [0.3, 0.4) is 0 Å². The van der Waals surface area contributed by atoms with E-state index in [9.17, 15) is 13.2 Å². The average molecular weight is 424 g/mol. The van der Waals surface area contributed by atoms with Crippen molar-refractivity contribution in [2.75, 3.05) is 10.5 Å². The number of benzene rings is 1. The normalized spacial score (nSPS) is 11.3. The van der Waals surface area contributed by atoms with E-state index < -0.39 is 15.6 Å². The van der Waals surface area contributed by atoms with Gasteiger partial charge in [-0.2, -0.15) is 5.10 Å². The molecule has 20 heavy (non-hydrogen) atoms. The van der Waals surface area contributed by atoms with Gasteiger partial charge in [-0.15, -0.1) is 0 Å². The van der Waals surface area contributed by atoms with Crippen LogP contribution in [-0.2, 0) is 10.0 Å². The fourth-order valence-electron chi connectivity index (χ4n) is 1.43. The number of aromatic amines is 1. The first-order chi connectivity index (χ1) is 9.29.